The largest absolute Gasteiger partial charge is 0.445 e. The molecule has 23 heavy (non-hydrogen) atoms. The number of hydrogen-bond donors (Lipinski definition) is 3. The lowest BCUT2D eigenvalue weighted by atomic mass is 10.1. The smallest absolute Gasteiger partial charge is 0.407 e. The van der Waals surface area contributed by atoms with Crippen LogP contribution in [0.4, 0.5) is 4.79 Å². The van der Waals surface area contributed by atoms with E-state index in [-0.39, 0.29) is 13.2 Å². The molecule has 1 heterocycles. The number of aromatic nitrogens is 2. The van der Waals surface area contributed by atoms with Crippen molar-refractivity contribution in [3.63, 3.8) is 0 Å². The van der Waals surface area contributed by atoms with Gasteiger partial charge in [0.05, 0.1) is 5.69 Å². The maximum absolute atomic E-state index is 11.6. The summed E-state index contributed by atoms with van der Waals surface area (Å²) in [5, 5.41) is 26.6. The lowest BCUT2D eigenvalue weighted by Gasteiger charge is -2.17. The number of benzene rings is 1. The predicted octanol–water partition coefficient (Wildman–Crippen LogP) is 1.05. The van der Waals surface area contributed by atoms with Gasteiger partial charge in [0.2, 0.25) is 0 Å². The van der Waals surface area contributed by atoms with E-state index in [4.69, 9.17) is 4.74 Å². The molecule has 0 saturated carbocycles. The van der Waals surface area contributed by atoms with E-state index in [1.165, 1.54) is 0 Å². The summed E-state index contributed by atoms with van der Waals surface area (Å²) in [4.78, 5) is 11.6. The molecule has 2 aromatic rings. The van der Waals surface area contributed by atoms with Crippen molar-refractivity contribution >= 4 is 6.09 Å². The van der Waals surface area contributed by atoms with Crippen molar-refractivity contribution in [3.05, 3.63) is 53.3 Å². The normalized spacial score (nSPS) is 13.4. The molecule has 0 aliphatic heterocycles. The molecule has 2 unspecified atom stereocenters. The molecule has 2 rings (SSSR count). The third-order valence-corrected chi connectivity index (χ3v) is 3.40. The highest BCUT2D eigenvalue weighted by atomic mass is 16.5. The fourth-order valence-corrected chi connectivity index (χ4v) is 2.19. The SMILES string of the molecule is Cc1nn(C)cc1C(O)C(O)CNC(=O)OCc1ccccc1. The topological polar surface area (TPSA) is 96.6 Å². The van der Waals surface area contributed by atoms with Gasteiger partial charge < -0.3 is 20.3 Å². The highest BCUT2D eigenvalue weighted by Crippen LogP contribution is 2.19. The minimum atomic E-state index is -1.15. The third-order valence-electron chi connectivity index (χ3n) is 3.40. The molecule has 124 valence electrons. The van der Waals surface area contributed by atoms with Gasteiger partial charge in [0.1, 0.15) is 18.8 Å². The van der Waals surface area contributed by atoms with Crippen LogP contribution in [-0.4, -0.2) is 38.7 Å². The highest BCUT2D eigenvalue weighted by Gasteiger charge is 2.22. The Balaban J connectivity index is 1.78. The lowest BCUT2D eigenvalue weighted by molar-refractivity contribution is 0.0180. The molecule has 1 amide bonds. The molecule has 0 aliphatic carbocycles. The van der Waals surface area contributed by atoms with Crippen LogP contribution in [-0.2, 0) is 18.4 Å². The second-order valence-corrected chi connectivity index (χ2v) is 5.30. The molecule has 0 fully saturated rings. The molecule has 0 spiro atoms. The molecule has 7 nitrogen and oxygen atoms in total. The highest BCUT2D eigenvalue weighted by molar-refractivity contribution is 5.67. The number of carbonyl (C=O) groups is 1. The van der Waals surface area contributed by atoms with Gasteiger partial charge in [-0.3, -0.25) is 4.68 Å². The number of aryl methyl sites for hydroxylation is 2. The van der Waals surface area contributed by atoms with Crippen LogP contribution in [0.5, 0.6) is 0 Å². The number of aliphatic hydroxyl groups excluding tert-OH is 2. The van der Waals surface area contributed by atoms with Crippen LogP contribution in [0.1, 0.15) is 22.9 Å². The molecule has 1 aromatic carbocycles. The van der Waals surface area contributed by atoms with Gasteiger partial charge in [-0.2, -0.15) is 5.10 Å². The van der Waals surface area contributed by atoms with Crippen molar-refractivity contribution in [2.45, 2.75) is 25.7 Å². The Hall–Kier alpha value is -2.38. The van der Waals surface area contributed by atoms with E-state index in [1.54, 1.807) is 24.9 Å². The predicted molar refractivity (Wildman–Crippen MR) is 83.5 cm³/mol. The number of hydrogen-bond acceptors (Lipinski definition) is 5. The Morgan fingerprint density at radius 2 is 2.04 bits per heavy atom. The Kier molecular flexibility index (Phi) is 5.72. The fraction of sp³-hybridized carbons (Fsp3) is 0.375. The van der Waals surface area contributed by atoms with Gasteiger partial charge in [0, 0.05) is 25.4 Å². The minimum absolute atomic E-state index is 0.122. The number of aliphatic hydroxyl groups is 2. The number of nitrogens with zero attached hydrogens (tertiary/aromatic N) is 2. The average molecular weight is 319 g/mol. The van der Waals surface area contributed by atoms with Crippen molar-refractivity contribution in [2.75, 3.05) is 6.54 Å². The Morgan fingerprint density at radius 3 is 2.65 bits per heavy atom. The van der Waals surface area contributed by atoms with E-state index < -0.39 is 18.3 Å². The number of amides is 1. The zero-order valence-corrected chi connectivity index (χ0v) is 13.1. The first kappa shape index (κ1) is 17.0. The van der Waals surface area contributed by atoms with Crippen LogP contribution in [0.2, 0.25) is 0 Å². The maximum atomic E-state index is 11.6. The Bertz CT molecular complexity index is 642. The minimum Gasteiger partial charge on any atom is -0.445 e. The summed E-state index contributed by atoms with van der Waals surface area (Å²) in [6.07, 6.45) is -1.29. The van der Waals surface area contributed by atoms with Crippen molar-refractivity contribution in [1.29, 1.82) is 0 Å². The van der Waals surface area contributed by atoms with Gasteiger partial charge in [0.25, 0.3) is 0 Å². The first-order chi connectivity index (χ1) is 11.0. The summed E-state index contributed by atoms with van der Waals surface area (Å²) in [6, 6.07) is 9.27. The van der Waals surface area contributed by atoms with E-state index >= 15 is 0 Å². The quantitative estimate of drug-likeness (QED) is 0.739. The molecule has 0 saturated heterocycles. The maximum Gasteiger partial charge on any atom is 0.407 e. The lowest BCUT2D eigenvalue weighted by Crippen LogP contribution is -2.35. The summed E-state index contributed by atoms with van der Waals surface area (Å²) in [5.74, 6) is 0. The van der Waals surface area contributed by atoms with E-state index in [0.29, 0.717) is 11.3 Å². The second kappa shape index (κ2) is 7.75. The molecule has 1 aromatic heterocycles. The average Bonchev–Trinajstić information content (AvgIpc) is 2.89. The number of ether oxygens (including phenoxy) is 1. The summed E-state index contributed by atoms with van der Waals surface area (Å²) in [5.41, 5.74) is 2.03. The molecular weight excluding hydrogens is 298 g/mol. The fourth-order valence-electron chi connectivity index (χ4n) is 2.19. The van der Waals surface area contributed by atoms with Crippen molar-refractivity contribution in [2.24, 2.45) is 7.05 Å². The van der Waals surface area contributed by atoms with Crippen LogP contribution in [0.15, 0.2) is 36.5 Å². The molecule has 0 bridgehead atoms. The summed E-state index contributed by atoms with van der Waals surface area (Å²) >= 11 is 0. The molecule has 0 radical (unpaired) electrons. The van der Waals surface area contributed by atoms with Crippen LogP contribution in [0.3, 0.4) is 0 Å². The summed E-state index contributed by atoms with van der Waals surface area (Å²) in [7, 11) is 1.73. The first-order valence-electron chi connectivity index (χ1n) is 7.28. The van der Waals surface area contributed by atoms with E-state index in [9.17, 15) is 15.0 Å². The number of carbonyl (C=O) groups excluding carboxylic acids is 1. The molecule has 3 N–H and O–H groups in total. The Labute approximate surface area is 134 Å². The van der Waals surface area contributed by atoms with Crippen LogP contribution in [0, 0.1) is 6.92 Å². The van der Waals surface area contributed by atoms with Gasteiger partial charge >= 0.3 is 6.09 Å². The number of nitrogens with one attached hydrogen (secondary N) is 1. The van der Waals surface area contributed by atoms with Crippen molar-refractivity contribution in [1.82, 2.24) is 15.1 Å². The third kappa shape index (κ3) is 4.80. The summed E-state index contributed by atoms with van der Waals surface area (Å²) < 4.78 is 6.59. The van der Waals surface area contributed by atoms with E-state index in [1.807, 2.05) is 30.3 Å². The van der Waals surface area contributed by atoms with E-state index in [2.05, 4.69) is 10.4 Å². The van der Waals surface area contributed by atoms with Gasteiger partial charge in [-0.25, -0.2) is 4.79 Å². The summed E-state index contributed by atoms with van der Waals surface area (Å²) in [6.45, 7) is 1.77. The zero-order chi connectivity index (χ0) is 16.8. The monoisotopic (exact) mass is 319 g/mol. The molecule has 2 atom stereocenters. The molecule has 7 heteroatoms. The Morgan fingerprint density at radius 1 is 1.35 bits per heavy atom. The second-order valence-electron chi connectivity index (χ2n) is 5.30. The zero-order valence-electron chi connectivity index (χ0n) is 13.1. The number of rotatable bonds is 6. The standard InChI is InChI=1S/C16H21N3O4/c1-11-13(9-19(2)18-11)15(21)14(20)8-17-16(22)23-10-12-6-4-3-5-7-12/h3-7,9,14-15,20-21H,8,10H2,1-2H3,(H,17,22). The molecular formula is C16H21N3O4. The van der Waals surface area contributed by atoms with Crippen molar-refractivity contribution < 1.29 is 19.7 Å². The number of alkyl carbamates (subject to hydrolysis) is 1. The van der Waals surface area contributed by atoms with Crippen molar-refractivity contribution in [3.8, 4) is 0 Å². The van der Waals surface area contributed by atoms with Gasteiger partial charge in [-0.15, -0.1) is 0 Å². The van der Waals surface area contributed by atoms with Gasteiger partial charge in [-0.05, 0) is 12.5 Å². The van der Waals surface area contributed by atoms with E-state index in [0.717, 1.165) is 5.56 Å². The van der Waals surface area contributed by atoms with Crippen LogP contribution < -0.4 is 5.32 Å². The van der Waals surface area contributed by atoms with Crippen LogP contribution in [0.25, 0.3) is 0 Å². The van der Waals surface area contributed by atoms with Crippen LogP contribution >= 0.6 is 0 Å². The van der Waals surface area contributed by atoms with Gasteiger partial charge in [-0.1, -0.05) is 30.3 Å². The molecule has 0 aliphatic rings. The van der Waals surface area contributed by atoms with Gasteiger partial charge in [0.15, 0.2) is 0 Å². The first-order valence-corrected chi connectivity index (χ1v) is 7.28.